The van der Waals surface area contributed by atoms with Gasteiger partial charge in [-0.25, -0.2) is 17.9 Å². The Kier molecular flexibility index (Phi) is 7.26. The van der Waals surface area contributed by atoms with E-state index in [4.69, 9.17) is 9.90 Å². The molecule has 10 nitrogen and oxygen atoms in total. The molecule has 2 aromatic rings. The Balaban J connectivity index is 0.000000396. The van der Waals surface area contributed by atoms with Gasteiger partial charge < -0.3 is 10.4 Å². The molecule has 0 radical (unpaired) electrons. The molecule has 14 heteroatoms. The van der Waals surface area contributed by atoms with Crippen molar-refractivity contribution in [1.29, 1.82) is 0 Å². The number of alkyl halides is 3. The highest BCUT2D eigenvalue weighted by atomic mass is 32.2. The summed E-state index contributed by atoms with van der Waals surface area (Å²) in [6.07, 6.45) is -0.0933. The molecule has 0 fully saturated rings. The van der Waals surface area contributed by atoms with Crippen LogP contribution in [0.1, 0.15) is 44.1 Å². The summed E-state index contributed by atoms with van der Waals surface area (Å²) in [5, 5.41) is 18.7. The number of hydrogen-bond acceptors (Lipinski definition) is 6. The normalized spacial score (nSPS) is 15.3. The lowest BCUT2D eigenvalue weighted by Gasteiger charge is -2.17. The van der Waals surface area contributed by atoms with Crippen LogP contribution in [0.3, 0.4) is 0 Å². The Morgan fingerprint density at radius 2 is 1.90 bits per heavy atom. The summed E-state index contributed by atoms with van der Waals surface area (Å²) in [5.74, 6) is -2.76. The number of aromatic nitrogens is 4. The standard InChI is InChI=1S/C14H22N6O2S.C2HF3O2/c1-10(2)20-9-12(6-16-20)11(3)18-23(21,22)14-8-17-19-5-4-15-7-13(14)19;3-2(4,5)1(6)7/h6,8-11,15,18H,4-5,7H2,1-3H3;(H,6,7). The molecule has 3 heterocycles. The zero-order valence-electron chi connectivity index (χ0n) is 16.5. The highest BCUT2D eigenvalue weighted by Crippen LogP contribution is 2.21. The number of nitrogens with zero attached hydrogens (tertiary/aromatic N) is 4. The number of aliphatic carboxylic acids is 1. The molecule has 30 heavy (non-hydrogen) atoms. The average molecular weight is 452 g/mol. The van der Waals surface area contributed by atoms with E-state index in [2.05, 4.69) is 20.2 Å². The van der Waals surface area contributed by atoms with Crippen LogP contribution in [0.25, 0.3) is 0 Å². The highest BCUT2D eigenvalue weighted by Gasteiger charge is 2.38. The largest absolute Gasteiger partial charge is 0.490 e. The molecule has 0 saturated carbocycles. The fourth-order valence-electron chi connectivity index (χ4n) is 2.60. The van der Waals surface area contributed by atoms with Crippen LogP contribution in [0.15, 0.2) is 23.5 Å². The number of carbonyl (C=O) groups is 1. The maximum atomic E-state index is 12.7. The Morgan fingerprint density at radius 3 is 2.43 bits per heavy atom. The molecular weight excluding hydrogens is 429 g/mol. The third-order valence-corrected chi connectivity index (χ3v) is 5.80. The fourth-order valence-corrected chi connectivity index (χ4v) is 4.01. The predicted octanol–water partition coefficient (Wildman–Crippen LogP) is 1.44. The number of carboxylic acid groups (broad SMARTS) is 1. The van der Waals surface area contributed by atoms with Gasteiger partial charge >= 0.3 is 12.1 Å². The van der Waals surface area contributed by atoms with E-state index in [1.807, 2.05) is 31.6 Å². The lowest BCUT2D eigenvalue weighted by molar-refractivity contribution is -0.192. The lowest BCUT2D eigenvalue weighted by atomic mass is 10.2. The first-order chi connectivity index (χ1) is 13.8. The molecule has 0 spiro atoms. The lowest BCUT2D eigenvalue weighted by Crippen LogP contribution is -2.32. The van der Waals surface area contributed by atoms with Crippen molar-refractivity contribution in [3.63, 3.8) is 0 Å². The van der Waals surface area contributed by atoms with Gasteiger partial charge in [0.1, 0.15) is 4.90 Å². The van der Waals surface area contributed by atoms with Crippen molar-refractivity contribution in [3.05, 3.63) is 29.8 Å². The van der Waals surface area contributed by atoms with Crippen LogP contribution in [0, 0.1) is 0 Å². The van der Waals surface area contributed by atoms with Gasteiger partial charge in [0.25, 0.3) is 0 Å². The minimum Gasteiger partial charge on any atom is -0.475 e. The van der Waals surface area contributed by atoms with Crippen LogP contribution in [0.2, 0.25) is 0 Å². The molecule has 0 bridgehead atoms. The summed E-state index contributed by atoms with van der Waals surface area (Å²) in [6.45, 7) is 7.85. The second kappa shape index (κ2) is 9.14. The summed E-state index contributed by atoms with van der Waals surface area (Å²) in [7, 11) is -3.63. The quantitative estimate of drug-likeness (QED) is 0.626. The summed E-state index contributed by atoms with van der Waals surface area (Å²) in [4.78, 5) is 9.14. The van der Waals surface area contributed by atoms with Crippen molar-refractivity contribution in [1.82, 2.24) is 29.6 Å². The van der Waals surface area contributed by atoms with Crippen molar-refractivity contribution < 1.29 is 31.5 Å². The maximum Gasteiger partial charge on any atom is 0.490 e. The van der Waals surface area contributed by atoms with Gasteiger partial charge in [-0.1, -0.05) is 0 Å². The zero-order chi connectivity index (χ0) is 22.7. The van der Waals surface area contributed by atoms with E-state index in [1.165, 1.54) is 6.20 Å². The monoisotopic (exact) mass is 452 g/mol. The zero-order valence-corrected chi connectivity index (χ0v) is 17.3. The first-order valence-corrected chi connectivity index (χ1v) is 10.4. The summed E-state index contributed by atoms with van der Waals surface area (Å²) in [6, 6.07) is -0.124. The van der Waals surface area contributed by atoms with Crippen molar-refractivity contribution in [2.75, 3.05) is 6.54 Å². The molecule has 0 aromatic carbocycles. The highest BCUT2D eigenvalue weighted by molar-refractivity contribution is 7.89. The Bertz CT molecular complexity index is 984. The van der Waals surface area contributed by atoms with E-state index in [0.717, 1.165) is 12.1 Å². The van der Waals surface area contributed by atoms with Crippen LogP contribution >= 0.6 is 0 Å². The number of carboxylic acids is 1. The molecular formula is C16H23F3N6O4S. The molecule has 0 amide bonds. The van der Waals surface area contributed by atoms with Crippen LogP contribution in [0.4, 0.5) is 13.2 Å². The van der Waals surface area contributed by atoms with Gasteiger partial charge in [-0.3, -0.25) is 9.36 Å². The number of nitrogens with one attached hydrogen (secondary N) is 2. The first-order valence-electron chi connectivity index (χ1n) is 8.94. The van der Waals surface area contributed by atoms with Crippen molar-refractivity contribution in [2.45, 2.75) is 57.0 Å². The fraction of sp³-hybridized carbons (Fsp3) is 0.562. The molecule has 3 N–H and O–H groups in total. The minimum absolute atomic E-state index is 0.237. The molecule has 1 unspecified atom stereocenters. The Morgan fingerprint density at radius 1 is 1.27 bits per heavy atom. The van der Waals surface area contributed by atoms with E-state index in [0.29, 0.717) is 18.8 Å². The second-order valence-electron chi connectivity index (χ2n) is 6.85. The van der Waals surface area contributed by atoms with Gasteiger partial charge in [0.05, 0.1) is 24.6 Å². The number of rotatable bonds is 5. The van der Waals surface area contributed by atoms with E-state index in [9.17, 15) is 21.6 Å². The second-order valence-corrected chi connectivity index (χ2v) is 8.53. The van der Waals surface area contributed by atoms with Gasteiger partial charge in [-0.2, -0.15) is 23.4 Å². The predicted molar refractivity (Wildman–Crippen MR) is 99.0 cm³/mol. The molecule has 0 saturated heterocycles. The van der Waals surface area contributed by atoms with E-state index < -0.39 is 22.2 Å². The molecule has 1 aliphatic heterocycles. The topological polar surface area (TPSA) is 131 Å². The van der Waals surface area contributed by atoms with E-state index in [1.54, 1.807) is 10.9 Å². The number of sulfonamides is 1. The Labute approximate surface area is 171 Å². The van der Waals surface area contributed by atoms with Gasteiger partial charge in [0.15, 0.2) is 0 Å². The first kappa shape index (κ1) is 23.8. The van der Waals surface area contributed by atoms with Gasteiger partial charge in [0, 0.05) is 36.9 Å². The third-order valence-electron chi connectivity index (χ3n) is 4.22. The maximum absolute atomic E-state index is 12.7. The number of halogens is 3. The van der Waals surface area contributed by atoms with Crippen LogP contribution in [-0.4, -0.2) is 51.8 Å². The van der Waals surface area contributed by atoms with Crippen molar-refractivity contribution in [3.8, 4) is 0 Å². The Hall–Kier alpha value is -2.45. The molecule has 2 aromatic heterocycles. The summed E-state index contributed by atoms with van der Waals surface area (Å²) >= 11 is 0. The van der Waals surface area contributed by atoms with E-state index in [-0.39, 0.29) is 17.0 Å². The third kappa shape index (κ3) is 5.79. The smallest absolute Gasteiger partial charge is 0.475 e. The SMILES string of the molecule is CC(NS(=O)(=O)c1cnn2c1CNCC2)c1cnn(C(C)C)c1.O=C(O)C(F)(F)F. The molecule has 168 valence electrons. The summed E-state index contributed by atoms with van der Waals surface area (Å²) < 4.78 is 63.3. The number of fused-ring (bicyclic) bond motifs is 1. The molecule has 1 atom stereocenters. The minimum atomic E-state index is -5.08. The van der Waals surface area contributed by atoms with Crippen molar-refractivity contribution in [2.24, 2.45) is 0 Å². The van der Waals surface area contributed by atoms with Gasteiger partial charge in [-0.15, -0.1) is 0 Å². The van der Waals surface area contributed by atoms with Crippen LogP contribution in [-0.2, 0) is 27.9 Å². The number of hydrogen-bond donors (Lipinski definition) is 3. The van der Waals surface area contributed by atoms with Crippen LogP contribution in [0.5, 0.6) is 0 Å². The van der Waals surface area contributed by atoms with Gasteiger partial charge in [-0.05, 0) is 20.8 Å². The molecule has 3 rings (SSSR count). The molecule has 0 aliphatic carbocycles. The summed E-state index contributed by atoms with van der Waals surface area (Å²) in [5.41, 5.74) is 1.54. The van der Waals surface area contributed by atoms with Crippen molar-refractivity contribution >= 4 is 16.0 Å². The van der Waals surface area contributed by atoms with Gasteiger partial charge in [0.2, 0.25) is 10.0 Å². The molecule has 1 aliphatic rings. The van der Waals surface area contributed by atoms with Crippen LogP contribution < -0.4 is 10.0 Å². The average Bonchev–Trinajstić information content (AvgIpc) is 3.29. The van der Waals surface area contributed by atoms with E-state index >= 15 is 0 Å².